The maximum atomic E-state index is 11.2. The van der Waals surface area contributed by atoms with Crippen LogP contribution in [0.3, 0.4) is 0 Å². The third-order valence-electron chi connectivity index (χ3n) is 2.25. The summed E-state index contributed by atoms with van der Waals surface area (Å²) in [6.45, 7) is 2.49. The molecule has 82 valence electrons. The lowest BCUT2D eigenvalue weighted by molar-refractivity contribution is -0.144. The van der Waals surface area contributed by atoms with Gasteiger partial charge < -0.3 is 9.64 Å². The largest absolute Gasteiger partial charge is 0.469 e. The zero-order valence-electron chi connectivity index (χ0n) is 9.30. The molecule has 0 aliphatic carbocycles. The predicted octanol–water partition coefficient (Wildman–Crippen LogP) is 1.33. The highest BCUT2D eigenvalue weighted by Crippen LogP contribution is 2.12. The fourth-order valence-electron chi connectivity index (χ4n) is 1.39. The average Bonchev–Trinajstić information content (AvgIpc) is 2.29. The molecule has 1 unspecified atom stereocenters. The Bertz CT molecular complexity index is 314. The van der Waals surface area contributed by atoms with Gasteiger partial charge in [-0.2, -0.15) is 0 Å². The van der Waals surface area contributed by atoms with Crippen LogP contribution in [0, 0.1) is 5.92 Å². The van der Waals surface area contributed by atoms with Gasteiger partial charge in [0.15, 0.2) is 0 Å². The standard InChI is InChI=1S/C11H16N2O2/c1-9(11(14)15-3)8-13(2)10-4-6-12-7-5-10/h4-7,9H,8H2,1-3H3. The number of carbonyl (C=O) groups is 1. The lowest BCUT2D eigenvalue weighted by Crippen LogP contribution is -2.29. The van der Waals surface area contributed by atoms with Crippen molar-refractivity contribution in [2.24, 2.45) is 5.92 Å². The number of hydrogen-bond donors (Lipinski definition) is 0. The van der Waals surface area contributed by atoms with Crippen molar-refractivity contribution >= 4 is 11.7 Å². The van der Waals surface area contributed by atoms with Crippen LogP contribution in [0.25, 0.3) is 0 Å². The van der Waals surface area contributed by atoms with Gasteiger partial charge in [-0.05, 0) is 12.1 Å². The highest BCUT2D eigenvalue weighted by molar-refractivity contribution is 5.72. The van der Waals surface area contributed by atoms with Gasteiger partial charge in [0.25, 0.3) is 0 Å². The highest BCUT2D eigenvalue weighted by atomic mass is 16.5. The highest BCUT2D eigenvalue weighted by Gasteiger charge is 2.15. The van der Waals surface area contributed by atoms with Crippen LogP contribution in [-0.4, -0.2) is 31.7 Å². The van der Waals surface area contributed by atoms with E-state index in [0.29, 0.717) is 6.54 Å². The molecule has 0 spiro atoms. The van der Waals surface area contributed by atoms with Crippen molar-refractivity contribution in [2.75, 3.05) is 25.6 Å². The van der Waals surface area contributed by atoms with Crippen molar-refractivity contribution in [3.63, 3.8) is 0 Å². The first-order valence-electron chi connectivity index (χ1n) is 4.84. The van der Waals surface area contributed by atoms with E-state index in [9.17, 15) is 4.79 Å². The van der Waals surface area contributed by atoms with E-state index in [1.165, 1.54) is 7.11 Å². The molecular formula is C11H16N2O2. The maximum absolute atomic E-state index is 11.2. The minimum atomic E-state index is -0.184. The summed E-state index contributed by atoms with van der Waals surface area (Å²) >= 11 is 0. The zero-order valence-corrected chi connectivity index (χ0v) is 9.30. The SMILES string of the molecule is COC(=O)C(C)CN(C)c1ccncc1. The number of hydrogen-bond acceptors (Lipinski definition) is 4. The zero-order chi connectivity index (χ0) is 11.3. The maximum Gasteiger partial charge on any atom is 0.310 e. The second-order valence-electron chi connectivity index (χ2n) is 3.51. The second-order valence-corrected chi connectivity index (χ2v) is 3.51. The van der Waals surface area contributed by atoms with Crippen LogP contribution in [0.1, 0.15) is 6.92 Å². The van der Waals surface area contributed by atoms with Crippen molar-refractivity contribution in [3.05, 3.63) is 24.5 Å². The van der Waals surface area contributed by atoms with Gasteiger partial charge >= 0.3 is 5.97 Å². The Morgan fingerprint density at radius 2 is 2.13 bits per heavy atom. The number of methoxy groups -OCH3 is 1. The summed E-state index contributed by atoms with van der Waals surface area (Å²) in [5, 5.41) is 0. The van der Waals surface area contributed by atoms with E-state index in [1.807, 2.05) is 31.0 Å². The third-order valence-corrected chi connectivity index (χ3v) is 2.25. The smallest absolute Gasteiger partial charge is 0.310 e. The van der Waals surface area contributed by atoms with Crippen LogP contribution in [0.5, 0.6) is 0 Å². The van der Waals surface area contributed by atoms with Crippen molar-refractivity contribution in [1.29, 1.82) is 0 Å². The van der Waals surface area contributed by atoms with Crippen LogP contribution >= 0.6 is 0 Å². The number of anilines is 1. The van der Waals surface area contributed by atoms with E-state index < -0.39 is 0 Å². The molecule has 15 heavy (non-hydrogen) atoms. The van der Waals surface area contributed by atoms with E-state index in [4.69, 9.17) is 0 Å². The molecule has 0 fully saturated rings. The van der Waals surface area contributed by atoms with Crippen molar-refractivity contribution in [1.82, 2.24) is 4.98 Å². The van der Waals surface area contributed by atoms with Gasteiger partial charge in [-0.15, -0.1) is 0 Å². The van der Waals surface area contributed by atoms with E-state index >= 15 is 0 Å². The molecule has 0 N–H and O–H groups in total. The van der Waals surface area contributed by atoms with Gasteiger partial charge in [0.05, 0.1) is 13.0 Å². The quantitative estimate of drug-likeness (QED) is 0.700. The van der Waals surface area contributed by atoms with E-state index in [-0.39, 0.29) is 11.9 Å². The molecule has 1 aromatic rings. The number of nitrogens with zero attached hydrogens (tertiary/aromatic N) is 2. The Kier molecular flexibility index (Phi) is 4.09. The topological polar surface area (TPSA) is 42.4 Å². The second kappa shape index (κ2) is 5.34. The van der Waals surface area contributed by atoms with Gasteiger partial charge in [-0.1, -0.05) is 6.92 Å². The van der Waals surface area contributed by atoms with Crippen LogP contribution in [0.4, 0.5) is 5.69 Å². The summed E-state index contributed by atoms with van der Waals surface area (Å²) in [6, 6.07) is 3.81. The Morgan fingerprint density at radius 1 is 1.53 bits per heavy atom. The van der Waals surface area contributed by atoms with Crippen molar-refractivity contribution in [3.8, 4) is 0 Å². The number of aromatic nitrogens is 1. The van der Waals surface area contributed by atoms with E-state index in [0.717, 1.165) is 5.69 Å². The van der Waals surface area contributed by atoms with Gasteiger partial charge in [-0.25, -0.2) is 0 Å². The fraction of sp³-hybridized carbons (Fsp3) is 0.455. The molecule has 0 radical (unpaired) electrons. The third kappa shape index (κ3) is 3.23. The molecule has 0 amide bonds. The Balaban J connectivity index is 2.56. The molecule has 1 rings (SSSR count). The monoisotopic (exact) mass is 208 g/mol. The fourth-order valence-corrected chi connectivity index (χ4v) is 1.39. The van der Waals surface area contributed by atoms with Gasteiger partial charge in [0.1, 0.15) is 0 Å². The van der Waals surface area contributed by atoms with Crippen LogP contribution in [-0.2, 0) is 9.53 Å². The molecule has 1 aromatic heterocycles. The van der Waals surface area contributed by atoms with E-state index in [2.05, 4.69) is 9.72 Å². The molecule has 0 aliphatic heterocycles. The summed E-state index contributed by atoms with van der Waals surface area (Å²) in [5.41, 5.74) is 1.04. The molecule has 1 atom stereocenters. The van der Waals surface area contributed by atoms with Crippen LogP contribution in [0.2, 0.25) is 0 Å². The minimum Gasteiger partial charge on any atom is -0.469 e. The average molecular weight is 208 g/mol. The number of pyridine rings is 1. The molecule has 1 heterocycles. The molecule has 0 bridgehead atoms. The van der Waals surface area contributed by atoms with Gasteiger partial charge in [0, 0.05) is 31.7 Å². The first kappa shape index (κ1) is 11.5. The van der Waals surface area contributed by atoms with E-state index in [1.54, 1.807) is 12.4 Å². The molecule has 0 saturated heterocycles. The number of carbonyl (C=O) groups excluding carboxylic acids is 1. The molecule has 4 heteroatoms. The number of esters is 1. The molecular weight excluding hydrogens is 192 g/mol. The Hall–Kier alpha value is -1.58. The number of ether oxygens (including phenoxy) is 1. The molecule has 0 aliphatic rings. The first-order chi connectivity index (χ1) is 7.15. The normalized spacial score (nSPS) is 11.9. The van der Waals surface area contributed by atoms with Crippen molar-refractivity contribution in [2.45, 2.75) is 6.92 Å². The molecule has 4 nitrogen and oxygen atoms in total. The minimum absolute atomic E-state index is 0.131. The lowest BCUT2D eigenvalue weighted by Gasteiger charge is -2.21. The summed E-state index contributed by atoms with van der Waals surface area (Å²) < 4.78 is 4.67. The van der Waals surface area contributed by atoms with Crippen molar-refractivity contribution < 1.29 is 9.53 Å². The van der Waals surface area contributed by atoms with Crippen LogP contribution in [0.15, 0.2) is 24.5 Å². The Labute approximate surface area is 89.9 Å². The number of rotatable bonds is 4. The first-order valence-corrected chi connectivity index (χ1v) is 4.84. The summed E-state index contributed by atoms with van der Waals surface area (Å²) in [5.74, 6) is -0.316. The summed E-state index contributed by atoms with van der Waals surface area (Å²) in [4.78, 5) is 17.2. The summed E-state index contributed by atoms with van der Waals surface area (Å²) in [6.07, 6.45) is 3.46. The molecule has 0 saturated carbocycles. The predicted molar refractivity (Wildman–Crippen MR) is 58.7 cm³/mol. The van der Waals surface area contributed by atoms with Crippen LogP contribution < -0.4 is 4.90 Å². The lowest BCUT2D eigenvalue weighted by atomic mass is 10.1. The van der Waals surface area contributed by atoms with Gasteiger partial charge in [-0.3, -0.25) is 9.78 Å². The van der Waals surface area contributed by atoms with Gasteiger partial charge in [0.2, 0.25) is 0 Å². The summed E-state index contributed by atoms with van der Waals surface area (Å²) in [7, 11) is 3.35. The molecule has 0 aromatic carbocycles. The Morgan fingerprint density at radius 3 is 2.67 bits per heavy atom.